The maximum absolute atomic E-state index is 9.34. The number of aromatic hydroxyl groups is 1. The van der Waals surface area contributed by atoms with Gasteiger partial charge in [-0.15, -0.1) is 0 Å². The first-order chi connectivity index (χ1) is 8.79. The quantitative estimate of drug-likeness (QED) is 0.807. The molecule has 0 saturated carbocycles. The molecule has 0 atom stereocenters. The zero-order chi connectivity index (χ0) is 12.8. The second-order valence-electron chi connectivity index (χ2n) is 3.77. The van der Waals surface area contributed by atoms with E-state index in [9.17, 15) is 5.11 Å². The minimum Gasteiger partial charge on any atom is -0.508 e. The van der Waals surface area contributed by atoms with Crippen molar-refractivity contribution in [2.24, 2.45) is 10.7 Å². The molecule has 90 valence electrons. The zero-order valence-corrected chi connectivity index (χ0v) is 9.82. The van der Waals surface area contributed by atoms with E-state index in [0.717, 1.165) is 11.1 Å². The highest BCUT2D eigenvalue weighted by Crippen LogP contribution is 2.19. The van der Waals surface area contributed by atoms with Gasteiger partial charge in [0.25, 0.3) is 0 Å². The zero-order valence-electron chi connectivity index (χ0n) is 9.82. The molecular weight excluding hydrogens is 224 g/mol. The maximum Gasteiger partial charge on any atom is 0.117 e. The maximum atomic E-state index is 9.34. The molecule has 0 aliphatic heterocycles. The number of phenolic OH excluding ortho intramolecular Hbond substituents is 1. The highest BCUT2D eigenvalue weighted by molar-refractivity contribution is 6.10. The van der Waals surface area contributed by atoms with Gasteiger partial charge in [0.05, 0.1) is 5.69 Å². The largest absolute Gasteiger partial charge is 0.508 e. The summed E-state index contributed by atoms with van der Waals surface area (Å²) in [5.74, 6) is 0.197. The number of nitrogens with zero attached hydrogens (tertiary/aromatic N) is 1. The van der Waals surface area contributed by atoms with Crippen LogP contribution in [0.25, 0.3) is 5.57 Å². The Labute approximate surface area is 106 Å². The first kappa shape index (κ1) is 11.9. The number of nitrogens with two attached hydrogens (primary N) is 1. The SMILES string of the molecule is N/C=C(\C=Nc1cccc(O)c1)c1ccccc1. The van der Waals surface area contributed by atoms with Crippen LogP contribution in [0.15, 0.2) is 65.8 Å². The molecule has 3 heteroatoms. The van der Waals surface area contributed by atoms with Crippen LogP contribution in [-0.2, 0) is 0 Å². The number of hydrogen-bond donors (Lipinski definition) is 2. The van der Waals surface area contributed by atoms with Gasteiger partial charge < -0.3 is 10.8 Å². The number of benzene rings is 2. The van der Waals surface area contributed by atoms with Crippen molar-refractivity contribution in [1.29, 1.82) is 0 Å². The topological polar surface area (TPSA) is 58.6 Å². The van der Waals surface area contributed by atoms with Crippen molar-refractivity contribution in [1.82, 2.24) is 0 Å². The third kappa shape index (κ3) is 2.98. The number of hydrogen-bond acceptors (Lipinski definition) is 3. The van der Waals surface area contributed by atoms with Crippen LogP contribution in [0.5, 0.6) is 5.75 Å². The second kappa shape index (κ2) is 5.68. The van der Waals surface area contributed by atoms with Gasteiger partial charge in [0, 0.05) is 24.1 Å². The average molecular weight is 238 g/mol. The van der Waals surface area contributed by atoms with Gasteiger partial charge in [0.2, 0.25) is 0 Å². The van der Waals surface area contributed by atoms with Gasteiger partial charge in [-0.05, 0) is 17.7 Å². The average Bonchev–Trinajstić information content (AvgIpc) is 2.41. The Bertz CT molecular complexity index is 574. The smallest absolute Gasteiger partial charge is 0.117 e. The van der Waals surface area contributed by atoms with E-state index in [1.54, 1.807) is 24.4 Å². The van der Waals surface area contributed by atoms with E-state index in [-0.39, 0.29) is 5.75 Å². The number of aliphatic imine (C=N–C) groups is 1. The van der Waals surface area contributed by atoms with Crippen molar-refractivity contribution in [2.45, 2.75) is 0 Å². The Kier molecular flexibility index (Phi) is 3.76. The molecule has 0 bridgehead atoms. The Balaban J connectivity index is 2.22. The lowest BCUT2D eigenvalue weighted by molar-refractivity contribution is 0.475. The predicted molar refractivity (Wildman–Crippen MR) is 74.9 cm³/mol. The van der Waals surface area contributed by atoms with Crippen LogP contribution in [0.1, 0.15) is 5.56 Å². The van der Waals surface area contributed by atoms with E-state index >= 15 is 0 Å². The second-order valence-corrected chi connectivity index (χ2v) is 3.77. The Morgan fingerprint density at radius 3 is 2.50 bits per heavy atom. The van der Waals surface area contributed by atoms with Crippen molar-refractivity contribution in [3.8, 4) is 5.75 Å². The summed E-state index contributed by atoms with van der Waals surface area (Å²) in [4.78, 5) is 4.28. The fourth-order valence-corrected chi connectivity index (χ4v) is 1.56. The van der Waals surface area contributed by atoms with Gasteiger partial charge in [0.15, 0.2) is 0 Å². The third-order valence-electron chi connectivity index (χ3n) is 2.47. The molecule has 18 heavy (non-hydrogen) atoms. The fraction of sp³-hybridized carbons (Fsp3) is 0. The third-order valence-corrected chi connectivity index (χ3v) is 2.47. The fourth-order valence-electron chi connectivity index (χ4n) is 1.56. The molecule has 2 rings (SSSR count). The summed E-state index contributed by atoms with van der Waals surface area (Å²) in [6, 6.07) is 16.5. The summed E-state index contributed by atoms with van der Waals surface area (Å²) in [7, 11) is 0. The summed E-state index contributed by atoms with van der Waals surface area (Å²) in [6.07, 6.45) is 3.20. The molecule has 3 N–H and O–H groups in total. The number of rotatable bonds is 3. The minimum absolute atomic E-state index is 0.197. The Morgan fingerprint density at radius 2 is 1.83 bits per heavy atom. The lowest BCUT2D eigenvalue weighted by atomic mass is 10.1. The molecule has 0 saturated heterocycles. The highest BCUT2D eigenvalue weighted by Gasteiger charge is 1.97. The first-order valence-corrected chi connectivity index (χ1v) is 5.60. The van der Waals surface area contributed by atoms with Gasteiger partial charge in [-0.3, -0.25) is 4.99 Å². The van der Waals surface area contributed by atoms with Crippen LogP contribution in [0.3, 0.4) is 0 Å². The molecule has 3 nitrogen and oxygen atoms in total. The molecule has 0 heterocycles. The predicted octanol–water partition coefficient (Wildman–Crippen LogP) is 3.09. The highest BCUT2D eigenvalue weighted by atomic mass is 16.3. The van der Waals surface area contributed by atoms with Crippen molar-refractivity contribution in [2.75, 3.05) is 0 Å². The van der Waals surface area contributed by atoms with Crippen LogP contribution in [-0.4, -0.2) is 11.3 Å². The van der Waals surface area contributed by atoms with Crippen molar-refractivity contribution >= 4 is 17.5 Å². The van der Waals surface area contributed by atoms with Crippen LogP contribution in [0.2, 0.25) is 0 Å². The van der Waals surface area contributed by atoms with E-state index < -0.39 is 0 Å². The molecule has 0 aliphatic rings. The van der Waals surface area contributed by atoms with Crippen LogP contribution in [0.4, 0.5) is 5.69 Å². The summed E-state index contributed by atoms with van der Waals surface area (Å²) >= 11 is 0. The molecule has 2 aromatic carbocycles. The van der Waals surface area contributed by atoms with Gasteiger partial charge in [-0.2, -0.15) is 0 Å². The summed E-state index contributed by atoms with van der Waals surface area (Å²) in [6.45, 7) is 0. The minimum atomic E-state index is 0.197. The first-order valence-electron chi connectivity index (χ1n) is 5.60. The van der Waals surface area contributed by atoms with Crippen molar-refractivity contribution in [3.05, 3.63) is 66.4 Å². The molecule has 0 radical (unpaired) electrons. The van der Waals surface area contributed by atoms with Gasteiger partial charge in [-0.1, -0.05) is 36.4 Å². The molecule has 0 aliphatic carbocycles. The molecule has 2 aromatic rings. The summed E-state index contributed by atoms with van der Waals surface area (Å²) < 4.78 is 0. The van der Waals surface area contributed by atoms with Crippen molar-refractivity contribution in [3.63, 3.8) is 0 Å². The molecule has 0 fully saturated rings. The van der Waals surface area contributed by atoms with Gasteiger partial charge >= 0.3 is 0 Å². The van der Waals surface area contributed by atoms with Crippen LogP contribution >= 0.6 is 0 Å². The molecular formula is C15H14N2O. The lowest BCUT2D eigenvalue weighted by Gasteiger charge is -2.00. The Morgan fingerprint density at radius 1 is 1.06 bits per heavy atom. The van der Waals surface area contributed by atoms with E-state index in [2.05, 4.69) is 4.99 Å². The van der Waals surface area contributed by atoms with Gasteiger partial charge in [-0.25, -0.2) is 0 Å². The van der Waals surface area contributed by atoms with Crippen LogP contribution < -0.4 is 5.73 Å². The van der Waals surface area contributed by atoms with Crippen LogP contribution in [0, 0.1) is 0 Å². The summed E-state index contributed by atoms with van der Waals surface area (Å²) in [5.41, 5.74) is 8.12. The number of phenols is 1. The van der Waals surface area contributed by atoms with Crippen molar-refractivity contribution < 1.29 is 5.11 Å². The molecule has 0 aromatic heterocycles. The Hall–Kier alpha value is -2.55. The molecule has 0 spiro atoms. The van der Waals surface area contributed by atoms with E-state index in [1.165, 1.54) is 6.20 Å². The van der Waals surface area contributed by atoms with E-state index in [0.29, 0.717) is 5.69 Å². The summed E-state index contributed by atoms with van der Waals surface area (Å²) in [5, 5.41) is 9.34. The number of allylic oxidation sites excluding steroid dienone is 1. The standard InChI is InChI=1S/C15H14N2O/c16-10-13(12-5-2-1-3-6-12)11-17-14-7-4-8-15(18)9-14/h1-11,18H,16H2/b13-10+,17-11?. The molecule has 0 amide bonds. The van der Waals surface area contributed by atoms with E-state index in [1.807, 2.05) is 36.4 Å². The molecule has 0 unspecified atom stereocenters. The lowest BCUT2D eigenvalue weighted by Crippen LogP contribution is -1.90. The van der Waals surface area contributed by atoms with Gasteiger partial charge in [0.1, 0.15) is 5.75 Å². The monoisotopic (exact) mass is 238 g/mol. The van der Waals surface area contributed by atoms with E-state index in [4.69, 9.17) is 5.73 Å². The normalized spacial score (nSPS) is 11.9.